The predicted octanol–water partition coefficient (Wildman–Crippen LogP) is 1.01. The summed E-state index contributed by atoms with van der Waals surface area (Å²) >= 11 is 6.00. The van der Waals surface area contributed by atoms with Crippen molar-refractivity contribution in [2.75, 3.05) is 23.8 Å². The van der Waals surface area contributed by atoms with Crippen LogP contribution < -0.4 is 5.32 Å². The minimum absolute atomic E-state index is 0.196. The van der Waals surface area contributed by atoms with Gasteiger partial charge in [0.1, 0.15) is 0 Å². The third-order valence-electron chi connectivity index (χ3n) is 1.67. The lowest BCUT2D eigenvalue weighted by molar-refractivity contribution is 0.154. The van der Waals surface area contributed by atoms with Crippen molar-refractivity contribution in [1.82, 2.24) is 5.32 Å². The lowest BCUT2D eigenvalue weighted by Crippen LogP contribution is -2.36. The van der Waals surface area contributed by atoms with Crippen LogP contribution in [0.15, 0.2) is 0 Å². The average Bonchev–Trinajstić information content (AvgIpc) is 2.03. The Balaban J connectivity index is 3.08. The Bertz CT molecular complexity index is 101. The largest absolute Gasteiger partial charge is 0.392 e. The van der Waals surface area contributed by atoms with Gasteiger partial charge in [-0.3, -0.25) is 0 Å². The molecule has 74 valence electrons. The monoisotopic (exact) mass is 209 g/mol. The fraction of sp³-hybridized carbons (Fsp3) is 1.00. The van der Waals surface area contributed by atoms with Crippen LogP contribution in [0, 0.1) is 0 Å². The average molecular weight is 209 g/mol. The molecule has 0 saturated carbocycles. The highest BCUT2D eigenvalue weighted by molar-refractivity contribution is 8.00. The van der Waals surface area contributed by atoms with Crippen LogP contribution in [-0.4, -0.2) is 41.1 Å². The summed E-state index contributed by atoms with van der Waals surface area (Å²) in [5, 5.41) is 12.4. The van der Waals surface area contributed by atoms with Crippen LogP contribution in [0.2, 0.25) is 0 Å². The SMILES string of the molecule is CC(O)C(C)NCCSCCS. The van der Waals surface area contributed by atoms with Gasteiger partial charge in [0.25, 0.3) is 0 Å². The quantitative estimate of drug-likeness (QED) is 0.432. The standard InChI is InChI=1S/C8H19NOS2/c1-7(8(2)10)9-3-5-12-6-4-11/h7-11H,3-6H2,1-2H3. The topological polar surface area (TPSA) is 32.3 Å². The van der Waals surface area contributed by atoms with Crippen molar-refractivity contribution in [3.8, 4) is 0 Å². The molecule has 2 unspecified atom stereocenters. The smallest absolute Gasteiger partial charge is 0.0662 e. The van der Waals surface area contributed by atoms with Gasteiger partial charge in [-0.05, 0) is 19.6 Å². The second kappa shape index (κ2) is 8.23. The van der Waals surface area contributed by atoms with E-state index in [0.717, 1.165) is 23.8 Å². The molecule has 0 fully saturated rings. The minimum atomic E-state index is -0.264. The van der Waals surface area contributed by atoms with Crippen LogP contribution in [0.1, 0.15) is 13.8 Å². The van der Waals surface area contributed by atoms with Gasteiger partial charge in [0.15, 0.2) is 0 Å². The highest BCUT2D eigenvalue weighted by Crippen LogP contribution is 1.99. The molecule has 0 rings (SSSR count). The first-order valence-corrected chi connectivity index (χ1v) is 6.07. The van der Waals surface area contributed by atoms with Crippen molar-refractivity contribution in [3.63, 3.8) is 0 Å². The maximum atomic E-state index is 9.14. The van der Waals surface area contributed by atoms with Crippen molar-refractivity contribution in [2.45, 2.75) is 26.0 Å². The van der Waals surface area contributed by atoms with E-state index in [-0.39, 0.29) is 12.1 Å². The van der Waals surface area contributed by atoms with Gasteiger partial charge in [-0.2, -0.15) is 24.4 Å². The van der Waals surface area contributed by atoms with Crippen LogP contribution in [-0.2, 0) is 0 Å². The van der Waals surface area contributed by atoms with Crippen molar-refractivity contribution in [2.24, 2.45) is 0 Å². The van der Waals surface area contributed by atoms with Crippen LogP contribution in [0.3, 0.4) is 0 Å². The summed E-state index contributed by atoms with van der Waals surface area (Å²) in [7, 11) is 0. The lowest BCUT2D eigenvalue weighted by Gasteiger charge is -2.15. The Hall–Kier alpha value is 0.620. The van der Waals surface area contributed by atoms with E-state index in [1.807, 2.05) is 18.7 Å². The molecule has 0 aromatic carbocycles. The Morgan fingerprint density at radius 1 is 1.42 bits per heavy atom. The third-order valence-corrected chi connectivity index (χ3v) is 3.18. The van der Waals surface area contributed by atoms with Gasteiger partial charge in [0.05, 0.1) is 6.10 Å². The number of thiol groups is 1. The van der Waals surface area contributed by atoms with Gasteiger partial charge >= 0.3 is 0 Å². The van der Waals surface area contributed by atoms with E-state index >= 15 is 0 Å². The summed E-state index contributed by atoms with van der Waals surface area (Å²) in [6.07, 6.45) is -0.264. The fourth-order valence-electron chi connectivity index (χ4n) is 0.696. The molecule has 12 heavy (non-hydrogen) atoms. The van der Waals surface area contributed by atoms with Crippen molar-refractivity contribution in [3.05, 3.63) is 0 Å². The van der Waals surface area contributed by atoms with Crippen molar-refractivity contribution in [1.29, 1.82) is 0 Å². The molecular weight excluding hydrogens is 190 g/mol. The summed E-state index contributed by atoms with van der Waals surface area (Å²) < 4.78 is 0. The van der Waals surface area contributed by atoms with Crippen molar-refractivity contribution >= 4 is 24.4 Å². The number of hydrogen-bond donors (Lipinski definition) is 3. The van der Waals surface area contributed by atoms with E-state index in [4.69, 9.17) is 5.11 Å². The molecule has 0 aromatic heterocycles. The summed E-state index contributed by atoms with van der Waals surface area (Å²) in [5.41, 5.74) is 0. The molecule has 0 spiro atoms. The highest BCUT2D eigenvalue weighted by atomic mass is 32.2. The first-order valence-electron chi connectivity index (χ1n) is 4.28. The molecular formula is C8H19NOS2. The number of rotatable bonds is 7. The Morgan fingerprint density at radius 2 is 2.08 bits per heavy atom. The minimum Gasteiger partial charge on any atom is -0.392 e. The normalized spacial score (nSPS) is 16.0. The molecule has 0 saturated heterocycles. The van der Waals surface area contributed by atoms with Gasteiger partial charge in [-0.25, -0.2) is 0 Å². The molecule has 2 atom stereocenters. The highest BCUT2D eigenvalue weighted by Gasteiger charge is 2.05. The van der Waals surface area contributed by atoms with E-state index in [1.54, 1.807) is 6.92 Å². The number of aliphatic hydroxyl groups excluding tert-OH is 1. The summed E-state index contributed by atoms with van der Waals surface area (Å²) in [5.74, 6) is 3.14. The molecule has 0 radical (unpaired) electrons. The van der Waals surface area contributed by atoms with Gasteiger partial charge in [-0.1, -0.05) is 0 Å². The first kappa shape index (κ1) is 12.6. The van der Waals surface area contributed by atoms with E-state index in [0.29, 0.717) is 0 Å². The van der Waals surface area contributed by atoms with Crippen molar-refractivity contribution < 1.29 is 5.11 Å². The zero-order valence-electron chi connectivity index (χ0n) is 7.79. The van der Waals surface area contributed by atoms with Gasteiger partial charge < -0.3 is 10.4 Å². The van der Waals surface area contributed by atoms with Gasteiger partial charge in [-0.15, -0.1) is 0 Å². The number of aliphatic hydroxyl groups is 1. The Kier molecular flexibility index (Phi) is 8.65. The van der Waals surface area contributed by atoms with E-state index in [2.05, 4.69) is 17.9 Å². The summed E-state index contributed by atoms with van der Waals surface area (Å²) in [6, 6.07) is 0.196. The molecule has 0 aliphatic carbocycles. The van der Waals surface area contributed by atoms with Crippen LogP contribution in [0.25, 0.3) is 0 Å². The van der Waals surface area contributed by atoms with Gasteiger partial charge in [0, 0.05) is 24.1 Å². The maximum Gasteiger partial charge on any atom is 0.0662 e. The van der Waals surface area contributed by atoms with Crippen LogP contribution in [0.4, 0.5) is 0 Å². The number of nitrogens with one attached hydrogen (secondary N) is 1. The van der Waals surface area contributed by atoms with E-state index < -0.39 is 0 Å². The molecule has 0 aromatic rings. The number of thioether (sulfide) groups is 1. The summed E-state index contributed by atoms with van der Waals surface area (Å²) in [4.78, 5) is 0. The Morgan fingerprint density at radius 3 is 2.58 bits per heavy atom. The van der Waals surface area contributed by atoms with Gasteiger partial charge in [0.2, 0.25) is 0 Å². The molecule has 0 aliphatic rings. The maximum absolute atomic E-state index is 9.14. The van der Waals surface area contributed by atoms with E-state index in [1.165, 1.54) is 0 Å². The van der Waals surface area contributed by atoms with E-state index in [9.17, 15) is 0 Å². The number of hydrogen-bond acceptors (Lipinski definition) is 4. The molecule has 4 heteroatoms. The zero-order valence-corrected chi connectivity index (χ0v) is 9.50. The van der Waals surface area contributed by atoms with Crippen LogP contribution in [0.5, 0.6) is 0 Å². The molecule has 0 amide bonds. The second-order valence-corrected chi connectivity index (χ2v) is 4.49. The molecule has 0 aliphatic heterocycles. The molecule has 0 bridgehead atoms. The summed E-state index contributed by atoms with van der Waals surface area (Å²) in [6.45, 7) is 4.76. The lowest BCUT2D eigenvalue weighted by atomic mass is 10.2. The molecule has 0 heterocycles. The first-order chi connectivity index (χ1) is 5.68. The molecule has 2 N–H and O–H groups in total. The van der Waals surface area contributed by atoms with Crippen LogP contribution >= 0.6 is 24.4 Å². The fourth-order valence-corrected chi connectivity index (χ4v) is 1.68. The predicted molar refractivity (Wildman–Crippen MR) is 60.3 cm³/mol. The zero-order chi connectivity index (χ0) is 9.40. The molecule has 2 nitrogen and oxygen atoms in total. The Labute approximate surface area is 84.9 Å². The second-order valence-electron chi connectivity index (χ2n) is 2.82. The third kappa shape index (κ3) is 7.28.